The first-order valence-corrected chi connectivity index (χ1v) is 20.7. The molecule has 6 N–H and O–H groups in total. The number of nitrogens with zero attached hydrogens (tertiary/aromatic N) is 3. The molecule has 3 unspecified atom stereocenters. The number of morpholine rings is 1. The standard InChI is InChI=1S/C16H24N2O2.C15H22N2O3.C15H22N2O2/c1-16(2,3)20-15(19)18-10-4-5-13(11-18)12-6-8-14(17)9-7-12;1-15(2,3)20-14(18)17-8-9-19-13(10-17)11-4-6-12(16)7-5-11;1-15(2,3)19-14(18)17-9-8-12(10-17)11-4-6-13(16)7-5-11/h6-9,13H,4-5,10-11,17H2,1-3H3;4-7,13H,8-10,16H2,1-3H3;4-7,12H,8-10,16H2,1-3H3. The quantitative estimate of drug-likeness (QED) is 0.171. The molecule has 3 aromatic rings. The lowest BCUT2D eigenvalue weighted by Gasteiger charge is -2.34. The minimum absolute atomic E-state index is 0.128. The maximum atomic E-state index is 12.1. The van der Waals surface area contributed by atoms with E-state index in [0.717, 1.165) is 62.4 Å². The summed E-state index contributed by atoms with van der Waals surface area (Å²) in [5, 5.41) is 0. The molecule has 0 bridgehead atoms. The van der Waals surface area contributed by atoms with Gasteiger partial charge in [-0.1, -0.05) is 36.4 Å². The van der Waals surface area contributed by atoms with Crippen LogP contribution in [-0.4, -0.2) is 95.7 Å². The van der Waals surface area contributed by atoms with Crippen molar-refractivity contribution in [1.82, 2.24) is 14.7 Å². The first-order chi connectivity index (χ1) is 27.5. The summed E-state index contributed by atoms with van der Waals surface area (Å²) >= 11 is 0. The Morgan fingerprint density at radius 1 is 0.508 bits per heavy atom. The number of nitrogens with two attached hydrogens (primary N) is 3. The van der Waals surface area contributed by atoms with E-state index in [1.807, 2.05) is 128 Å². The highest BCUT2D eigenvalue weighted by Crippen LogP contribution is 2.30. The van der Waals surface area contributed by atoms with Gasteiger partial charge in [0.25, 0.3) is 0 Å². The molecule has 324 valence electrons. The fourth-order valence-electron chi connectivity index (χ4n) is 6.86. The van der Waals surface area contributed by atoms with Gasteiger partial charge in [-0.15, -0.1) is 0 Å². The molecule has 3 atom stereocenters. The van der Waals surface area contributed by atoms with Crippen molar-refractivity contribution in [1.29, 1.82) is 0 Å². The number of ether oxygens (including phenoxy) is 4. The molecule has 3 aromatic carbocycles. The van der Waals surface area contributed by atoms with Crippen molar-refractivity contribution in [2.45, 2.75) is 116 Å². The van der Waals surface area contributed by atoms with E-state index < -0.39 is 16.8 Å². The second-order valence-corrected chi connectivity index (χ2v) is 18.5. The summed E-state index contributed by atoms with van der Waals surface area (Å²) in [5.74, 6) is 0.755. The number of hydrogen-bond donors (Lipinski definition) is 3. The molecule has 3 saturated heterocycles. The molecule has 3 fully saturated rings. The first kappa shape index (κ1) is 46.5. The van der Waals surface area contributed by atoms with Crippen molar-refractivity contribution in [3.63, 3.8) is 0 Å². The molecular formula is C46H68N6O7. The number of rotatable bonds is 3. The number of nitrogen functional groups attached to an aromatic ring is 3. The molecule has 6 rings (SSSR count). The van der Waals surface area contributed by atoms with Gasteiger partial charge in [0.1, 0.15) is 22.9 Å². The number of carbonyl (C=O) groups is 3. The number of carbonyl (C=O) groups excluding carboxylic acids is 3. The summed E-state index contributed by atoms with van der Waals surface area (Å²) in [7, 11) is 0. The van der Waals surface area contributed by atoms with Crippen molar-refractivity contribution < 1.29 is 33.3 Å². The van der Waals surface area contributed by atoms with E-state index >= 15 is 0 Å². The third kappa shape index (κ3) is 15.8. The zero-order valence-corrected chi connectivity index (χ0v) is 36.7. The Bertz CT molecular complexity index is 1710. The fraction of sp³-hybridized carbons (Fsp3) is 0.543. The molecular weight excluding hydrogens is 749 g/mol. The van der Waals surface area contributed by atoms with Crippen molar-refractivity contribution in [3.05, 3.63) is 89.5 Å². The van der Waals surface area contributed by atoms with Gasteiger partial charge >= 0.3 is 18.3 Å². The van der Waals surface area contributed by atoms with E-state index in [1.54, 1.807) is 9.80 Å². The number of benzene rings is 3. The molecule has 59 heavy (non-hydrogen) atoms. The minimum Gasteiger partial charge on any atom is -0.444 e. The van der Waals surface area contributed by atoms with Crippen molar-refractivity contribution in [2.75, 3.05) is 63.1 Å². The molecule has 3 aliphatic heterocycles. The largest absolute Gasteiger partial charge is 0.444 e. The molecule has 0 radical (unpaired) electrons. The van der Waals surface area contributed by atoms with E-state index in [0.29, 0.717) is 37.2 Å². The molecule has 0 saturated carbocycles. The van der Waals surface area contributed by atoms with Crippen LogP contribution in [0.2, 0.25) is 0 Å². The van der Waals surface area contributed by atoms with Crippen molar-refractivity contribution >= 4 is 35.3 Å². The van der Waals surface area contributed by atoms with Gasteiger partial charge < -0.3 is 50.8 Å². The van der Waals surface area contributed by atoms with E-state index in [-0.39, 0.29) is 24.4 Å². The summed E-state index contributed by atoms with van der Waals surface area (Å²) in [6, 6.07) is 23.4. The molecule has 3 amide bonds. The topological polar surface area (TPSA) is 176 Å². The van der Waals surface area contributed by atoms with Crippen LogP contribution < -0.4 is 17.2 Å². The average molecular weight is 817 g/mol. The van der Waals surface area contributed by atoms with Crippen LogP contribution in [0, 0.1) is 0 Å². The van der Waals surface area contributed by atoms with Crippen LogP contribution in [-0.2, 0) is 18.9 Å². The molecule has 3 aliphatic rings. The fourth-order valence-corrected chi connectivity index (χ4v) is 6.86. The third-order valence-electron chi connectivity index (χ3n) is 9.76. The van der Waals surface area contributed by atoms with Gasteiger partial charge in [0.2, 0.25) is 0 Å². The lowest BCUT2D eigenvalue weighted by Crippen LogP contribution is -2.44. The number of likely N-dealkylation sites (tertiary alicyclic amines) is 2. The highest BCUT2D eigenvalue weighted by Gasteiger charge is 2.32. The van der Waals surface area contributed by atoms with Crippen LogP contribution in [0.5, 0.6) is 0 Å². The van der Waals surface area contributed by atoms with Gasteiger partial charge in [-0.25, -0.2) is 14.4 Å². The summed E-state index contributed by atoms with van der Waals surface area (Å²) in [6.07, 6.45) is 2.24. The average Bonchev–Trinajstić information content (AvgIpc) is 3.65. The van der Waals surface area contributed by atoms with Gasteiger partial charge in [0, 0.05) is 61.6 Å². The highest BCUT2D eigenvalue weighted by molar-refractivity contribution is 5.69. The van der Waals surface area contributed by atoms with Gasteiger partial charge in [-0.3, -0.25) is 0 Å². The Balaban J connectivity index is 0.000000196. The second-order valence-electron chi connectivity index (χ2n) is 18.5. The molecule has 0 aromatic heterocycles. The highest BCUT2D eigenvalue weighted by atomic mass is 16.6. The lowest BCUT2D eigenvalue weighted by atomic mass is 9.91. The summed E-state index contributed by atoms with van der Waals surface area (Å²) in [5.41, 5.74) is 21.5. The van der Waals surface area contributed by atoms with Crippen LogP contribution >= 0.6 is 0 Å². The van der Waals surface area contributed by atoms with Gasteiger partial charge in [0.05, 0.1) is 13.2 Å². The number of hydrogen-bond acceptors (Lipinski definition) is 10. The van der Waals surface area contributed by atoms with E-state index in [9.17, 15) is 14.4 Å². The maximum absolute atomic E-state index is 12.1. The van der Waals surface area contributed by atoms with Crippen LogP contribution in [0.25, 0.3) is 0 Å². The van der Waals surface area contributed by atoms with Crippen LogP contribution in [0.1, 0.15) is 116 Å². The minimum atomic E-state index is -0.480. The Hall–Kier alpha value is -5.17. The maximum Gasteiger partial charge on any atom is 0.410 e. The predicted molar refractivity (Wildman–Crippen MR) is 234 cm³/mol. The van der Waals surface area contributed by atoms with Crippen LogP contribution in [0.4, 0.5) is 31.4 Å². The van der Waals surface area contributed by atoms with Crippen LogP contribution in [0.15, 0.2) is 72.8 Å². The SMILES string of the molecule is CC(C)(C)OC(=O)N1CCC(c2ccc(N)cc2)C1.CC(C)(C)OC(=O)N1CCCC(c2ccc(N)cc2)C1.CC(C)(C)OC(=O)N1CCOC(c2ccc(N)cc2)C1. The Kier molecular flexibility index (Phi) is 15.9. The summed E-state index contributed by atoms with van der Waals surface area (Å²) < 4.78 is 22.0. The van der Waals surface area contributed by atoms with E-state index in [2.05, 4.69) is 12.1 Å². The molecule has 3 heterocycles. The molecule has 0 spiro atoms. The first-order valence-electron chi connectivity index (χ1n) is 20.7. The summed E-state index contributed by atoms with van der Waals surface area (Å²) in [6.45, 7) is 21.5. The predicted octanol–water partition coefficient (Wildman–Crippen LogP) is 8.95. The summed E-state index contributed by atoms with van der Waals surface area (Å²) in [4.78, 5) is 41.5. The smallest absolute Gasteiger partial charge is 0.410 e. The Morgan fingerprint density at radius 2 is 0.864 bits per heavy atom. The normalized spacial score (nSPS) is 19.7. The number of amides is 3. The monoisotopic (exact) mass is 817 g/mol. The second kappa shape index (κ2) is 20.2. The van der Waals surface area contributed by atoms with Gasteiger partial charge in [0.15, 0.2) is 0 Å². The Labute approximate surface area is 351 Å². The van der Waals surface area contributed by atoms with E-state index in [1.165, 1.54) is 11.1 Å². The Morgan fingerprint density at radius 3 is 1.27 bits per heavy atom. The zero-order valence-electron chi connectivity index (χ0n) is 36.7. The van der Waals surface area contributed by atoms with Gasteiger partial charge in [-0.05, 0) is 135 Å². The molecule has 0 aliphatic carbocycles. The number of piperidine rings is 1. The van der Waals surface area contributed by atoms with Gasteiger partial charge in [-0.2, -0.15) is 0 Å². The lowest BCUT2D eigenvalue weighted by molar-refractivity contribution is -0.0432. The van der Waals surface area contributed by atoms with Crippen molar-refractivity contribution in [2.24, 2.45) is 0 Å². The third-order valence-corrected chi connectivity index (χ3v) is 9.76. The molecule has 13 nitrogen and oxygen atoms in total. The number of anilines is 3. The van der Waals surface area contributed by atoms with Crippen molar-refractivity contribution in [3.8, 4) is 0 Å². The van der Waals surface area contributed by atoms with E-state index in [4.69, 9.17) is 36.1 Å². The zero-order chi connectivity index (χ0) is 43.5. The molecule has 13 heteroatoms. The van der Waals surface area contributed by atoms with Crippen LogP contribution in [0.3, 0.4) is 0 Å².